The molecule has 1 aliphatic rings. The molecule has 0 radical (unpaired) electrons. The first kappa shape index (κ1) is 21.7. The number of nitrogens with one attached hydrogen (secondary N) is 2. The highest BCUT2D eigenvalue weighted by Gasteiger charge is 2.21. The van der Waals surface area contributed by atoms with Crippen LogP contribution >= 0.6 is 0 Å². The van der Waals surface area contributed by atoms with Crippen LogP contribution in [0.4, 0.5) is 19.0 Å². The van der Waals surface area contributed by atoms with Gasteiger partial charge in [0.15, 0.2) is 5.96 Å². The van der Waals surface area contributed by atoms with Crippen molar-refractivity contribution in [2.24, 2.45) is 4.99 Å². The zero-order chi connectivity index (χ0) is 21.5. The molecule has 1 aliphatic heterocycles. The van der Waals surface area contributed by atoms with E-state index in [9.17, 15) is 13.2 Å². The number of ether oxygens (including phenoxy) is 1. The lowest BCUT2D eigenvalue weighted by molar-refractivity contribution is -0.0506. The Kier molecular flexibility index (Phi) is 7.37. The molecule has 0 atom stereocenters. The highest BCUT2D eigenvalue weighted by Crippen LogP contribution is 2.23. The number of rotatable bonds is 6. The van der Waals surface area contributed by atoms with Crippen LogP contribution < -0.4 is 20.3 Å². The van der Waals surface area contributed by atoms with E-state index >= 15 is 0 Å². The number of aliphatic imine (C=N–C) groups is 1. The van der Waals surface area contributed by atoms with E-state index in [1.807, 2.05) is 25.1 Å². The minimum atomic E-state index is -3.02. The fourth-order valence-corrected chi connectivity index (χ4v) is 3.43. The zero-order valence-corrected chi connectivity index (χ0v) is 17.0. The van der Waals surface area contributed by atoms with Crippen molar-refractivity contribution in [3.8, 4) is 5.75 Å². The molecule has 2 heterocycles. The molecule has 0 spiro atoms. The van der Waals surface area contributed by atoms with Gasteiger partial charge >= 0.3 is 6.61 Å². The largest absolute Gasteiger partial charge is 0.434 e. The number of nitrogens with zero attached hydrogens (tertiary/aromatic N) is 3. The van der Waals surface area contributed by atoms with Crippen LogP contribution in [0.5, 0.6) is 5.75 Å². The molecule has 1 saturated heterocycles. The maximum atomic E-state index is 14.1. The number of aromatic nitrogens is 1. The molecule has 0 saturated carbocycles. The minimum Gasteiger partial charge on any atom is -0.434 e. The van der Waals surface area contributed by atoms with Gasteiger partial charge in [-0.1, -0.05) is 12.1 Å². The Bertz CT molecular complexity index is 869. The number of piperidine rings is 1. The molecule has 0 aliphatic carbocycles. The normalized spacial score (nSPS) is 15.4. The van der Waals surface area contributed by atoms with Gasteiger partial charge in [-0.05, 0) is 44.0 Å². The Labute approximate surface area is 174 Å². The van der Waals surface area contributed by atoms with Gasteiger partial charge in [0, 0.05) is 44.0 Å². The number of halogens is 3. The predicted octanol–water partition coefficient (Wildman–Crippen LogP) is 3.46. The Balaban J connectivity index is 1.54. The Morgan fingerprint density at radius 3 is 2.63 bits per heavy atom. The second kappa shape index (κ2) is 10.2. The summed E-state index contributed by atoms with van der Waals surface area (Å²) in [6, 6.07) is 10.0. The molecular weight excluding hydrogens is 395 g/mol. The van der Waals surface area contributed by atoms with E-state index in [-0.39, 0.29) is 23.9 Å². The van der Waals surface area contributed by atoms with Crippen LogP contribution in [0.3, 0.4) is 0 Å². The maximum Gasteiger partial charge on any atom is 0.387 e. The number of pyridine rings is 1. The molecule has 0 unspecified atom stereocenters. The van der Waals surface area contributed by atoms with Crippen LogP contribution in [0.15, 0.2) is 41.4 Å². The fraction of sp³-hybridized carbons (Fsp3) is 0.429. The summed E-state index contributed by atoms with van der Waals surface area (Å²) in [6.07, 6.45) is 1.77. The lowest BCUT2D eigenvalue weighted by Gasteiger charge is -2.34. The molecule has 2 aromatic rings. The van der Waals surface area contributed by atoms with Crippen molar-refractivity contribution in [1.29, 1.82) is 0 Å². The van der Waals surface area contributed by atoms with Crippen molar-refractivity contribution in [1.82, 2.24) is 15.6 Å². The lowest BCUT2D eigenvalue weighted by atomic mass is 10.1. The van der Waals surface area contributed by atoms with Crippen molar-refractivity contribution < 1.29 is 17.9 Å². The van der Waals surface area contributed by atoms with Gasteiger partial charge in [-0.15, -0.1) is 0 Å². The molecule has 30 heavy (non-hydrogen) atoms. The van der Waals surface area contributed by atoms with E-state index in [0.29, 0.717) is 5.96 Å². The zero-order valence-electron chi connectivity index (χ0n) is 17.0. The topological polar surface area (TPSA) is 61.8 Å². The predicted molar refractivity (Wildman–Crippen MR) is 111 cm³/mol. The van der Waals surface area contributed by atoms with E-state index in [1.54, 1.807) is 7.05 Å². The molecule has 2 N–H and O–H groups in total. The van der Waals surface area contributed by atoms with Gasteiger partial charge in [-0.25, -0.2) is 9.37 Å². The number of aryl methyl sites for hydroxylation is 1. The van der Waals surface area contributed by atoms with Crippen molar-refractivity contribution in [2.45, 2.75) is 39.0 Å². The molecular formula is C21H26F3N5O. The van der Waals surface area contributed by atoms with Gasteiger partial charge < -0.3 is 20.3 Å². The van der Waals surface area contributed by atoms with Gasteiger partial charge in [-0.3, -0.25) is 4.99 Å². The third-order valence-corrected chi connectivity index (χ3v) is 4.98. The van der Waals surface area contributed by atoms with Crippen LogP contribution in [0.2, 0.25) is 0 Å². The first-order valence-electron chi connectivity index (χ1n) is 9.84. The van der Waals surface area contributed by atoms with Crippen molar-refractivity contribution in [3.05, 3.63) is 53.5 Å². The molecule has 1 fully saturated rings. The average molecular weight is 421 g/mol. The number of hydrogen-bond acceptors (Lipinski definition) is 4. The standard InChI is InChI=1S/C21H26F3N5O/c1-14-5-3-8-19(27-14)29-11-9-15(10-12-29)28-21(25-2)26-13-16-17(22)6-4-7-18(16)30-20(23)24/h3-8,15,20H,9-13H2,1-2H3,(H2,25,26,28). The molecule has 9 heteroatoms. The Hall–Kier alpha value is -2.97. The van der Waals surface area contributed by atoms with E-state index in [2.05, 4.69) is 30.2 Å². The van der Waals surface area contributed by atoms with E-state index in [0.717, 1.165) is 37.4 Å². The number of benzene rings is 1. The fourth-order valence-electron chi connectivity index (χ4n) is 3.43. The van der Waals surface area contributed by atoms with E-state index in [1.165, 1.54) is 18.2 Å². The molecule has 6 nitrogen and oxygen atoms in total. The summed E-state index contributed by atoms with van der Waals surface area (Å²) < 4.78 is 43.7. The third-order valence-electron chi connectivity index (χ3n) is 4.98. The number of anilines is 1. The third kappa shape index (κ3) is 5.77. The second-order valence-electron chi connectivity index (χ2n) is 7.06. The smallest absolute Gasteiger partial charge is 0.387 e. The van der Waals surface area contributed by atoms with Crippen molar-refractivity contribution in [3.63, 3.8) is 0 Å². The van der Waals surface area contributed by atoms with Crippen molar-refractivity contribution >= 4 is 11.8 Å². The molecule has 0 amide bonds. The quantitative estimate of drug-likeness (QED) is 0.553. The Morgan fingerprint density at radius 2 is 1.97 bits per heavy atom. The van der Waals surface area contributed by atoms with E-state index in [4.69, 9.17) is 0 Å². The Morgan fingerprint density at radius 1 is 1.23 bits per heavy atom. The summed E-state index contributed by atoms with van der Waals surface area (Å²) in [7, 11) is 1.61. The van der Waals surface area contributed by atoms with Crippen LogP contribution in [0.25, 0.3) is 0 Å². The van der Waals surface area contributed by atoms with Crippen LogP contribution in [-0.4, -0.2) is 43.7 Å². The van der Waals surface area contributed by atoms with Gasteiger partial charge in [0.05, 0.1) is 0 Å². The summed E-state index contributed by atoms with van der Waals surface area (Å²) in [5.41, 5.74) is 1.02. The summed E-state index contributed by atoms with van der Waals surface area (Å²) in [4.78, 5) is 11.0. The van der Waals surface area contributed by atoms with Crippen LogP contribution in [-0.2, 0) is 6.54 Å². The molecule has 3 rings (SSSR count). The van der Waals surface area contributed by atoms with Gasteiger partial charge in [0.25, 0.3) is 0 Å². The van der Waals surface area contributed by atoms with Gasteiger partial charge in [0.2, 0.25) is 0 Å². The minimum absolute atomic E-state index is 0.0273. The first-order valence-corrected chi connectivity index (χ1v) is 9.84. The van der Waals surface area contributed by atoms with Crippen LogP contribution in [0.1, 0.15) is 24.1 Å². The molecule has 1 aromatic heterocycles. The number of guanidine groups is 1. The monoisotopic (exact) mass is 421 g/mol. The van der Waals surface area contributed by atoms with Gasteiger partial charge in [0.1, 0.15) is 17.4 Å². The molecule has 1 aromatic carbocycles. The van der Waals surface area contributed by atoms with E-state index < -0.39 is 12.4 Å². The van der Waals surface area contributed by atoms with Crippen LogP contribution in [0, 0.1) is 12.7 Å². The highest BCUT2D eigenvalue weighted by atomic mass is 19.3. The second-order valence-corrected chi connectivity index (χ2v) is 7.06. The summed E-state index contributed by atoms with van der Waals surface area (Å²) >= 11 is 0. The summed E-state index contributed by atoms with van der Waals surface area (Å²) in [6.45, 7) is 0.632. The summed E-state index contributed by atoms with van der Waals surface area (Å²) in [5, 5.41) is 6.31. The molecule has 0 bridgehead atoms. The first-order chi connectivity index (χ1) is 14.5. The van der Waals surface area contributed by atoms with Gasteiger partial charge in [-0.2, -0.15) is 8.78 Å². The maximum absolute atomic E-state index is 14.1. The number of alkyl halides is 2. The summed E-state index contributed by atoms with van der Waals surface area (Å²) in [5.74, 6) is 0.650. The SMILES string of the molecule is CN=C(NCc1c(F)cccc1OC(F)F)NC1CCN(c2cccc(C)n2)CC1. The van der Waals surface area contributed by atoms with Crippen molar-refractivity contribution in [2.75, 3.05) is 25.0 Å². The molecule has 162 valence electrons. The number of hydrogen-bond donors (Lipinski definition) is 2. The highest BCUT2D eigenvalue weighted by molar-refractivity contribution is 5.80. The average Bonchev–Trinajstić information content (AvgIpc) is 2.72. The lowest BCUT2D eigenvalue weighted by Crippen LogP contribution is -2.48.